The van der Waals surface area contributed by atoms with E-state index in [0.717, 1.165) is 12.8 Å². The van der Waals surface area contributed by atoms with E-state index in [1.165, 1.54) is 0 Å². The highest BCUT2D eigenvalue weighted by molar-refractivity contribution is 6.35. The van der Waals surface area contributed by atoms with Crippen molar-refractivity contribution in [3.05, 3.63) is 45.3 Å². The van der Waals surface area contributed by atoms with Crippen LogP contribution in [0.15, 0.2) is 24.3 Å². The second kappa shape index (κ2) is 6.42. The first-order valence-electron chi connectivity index (χ1n) is 5.84. The Morgan fingerprint density at radius 2 is 1.89 bits per heavy atom. The summed E-state index contributed by atoms with van der Waals surface area (Å²) in [6, 6.07) is 6.84. The molecule has 0 bridgehead atoms. The minimum Gasteiger partial charge on any atom is -0.339 e. The summed E-state index contributed by atoms with van der Waals surface area (Å²) < 4.78 is 0. The van der Waals surface area contributed by atoms with Crippen molar-refractivity contribution < 1.29 is 0 Å². The van der Waals surface area contributed by atoms with E-state index < -0.39 is 0 Å². The lowest BCUT2D eigenvalue weighted by Crippen LogP contribution is -2.00. The second-order valence-electron chi connectivity index (χ2n) is 3.99. The van der Waals surface area contributed by atoms with Gasteiger partial charge in [0.05, 0.1) is 10.7 Å². The second-order valence-corrected chi connectivity index (χ2v) is 5.22. The molecule has 3 nitrogen and oxygen atoms in total. The molecule has 0 fully saturated rings. The number of nitrogens with zero attached hydrogens (tertiary/aromatic N) is 2. The molecule has 2 rings (SSSR count). The highest BCUT2D eigenvalue weighted by atomic mass is 35.5. The van der Waals surface area contributed by atoms with E-state index in [4.69, 9.17) is 34.8 Å². The topological polar surface area (TPSA) is 37.8 Å². The first-order valence-corrected chi connectivity index (χ1v) is 6.97. The fourth-order valence-electron chi connectivity index (χ4n) is 1.60. The number of anilines is 2. The lowest BCUT2D eigenvalue weighted by Gasteiger charge is -2.09. The molecule has 100 valence electrons. The van der Waals surface area contributed by atoms with Crippen molar-refractivity contribution in [3.63, 3.8) is 0 Å². The molecule has 0 atom stereocenters. The van der Waals surface area contributed by atoms with Gasteiger partial charge in [0.15, 0.2) is 0 Å². The van der Waals surface area contributed by atoms with Crippen LogP contribution in [0.4, 0.5) is 11.5 Å². The summed E-state index contributed by atoms with van der Waals surface area (Å²) in [4.78, 5) is 8.54. The van der Waals surface area contributed by atoms with Gasteiger partial charge < -0.3 is 5.32 Å². The monoisotopic (exact) mass is 315 g/mol. The zero-order chi connectivity index (χ0) is 13.8. The van der Waals surface area contributed by atoms with Gasteiger partial charge in [0, 0.05) is 17.5 Å². The molecule has 1 aromatic heterocycles. The third-order valence-corrected chi connectivity index (χ3v) is 3.16. The fourth-order valence-corrected chi connectivity index (χ4v) is 2.13. The van der Waals surface area contributed by atoms with Crippen LogP contribution in [0, 0.1) is 0 Å². The molecule has 0 aliphatic carbocycles. The van der Waals surface area contributed by atoms with Gasteiger partial charge in [-0.2, -0.15) is 0 Å². The average Bonchev–Trinajstić information content (AvgIpc) is 2.33. The molecule has 0 aliphatic heterocycles. The average molecular weight is 317 g/mol. The third kappa shape index (κ3) is 3.96. The van der Waals surface area contributed by atoms with Crippen LogP contribution in [0.1, 0.15) is 19.2 Å². The summed E-state index contributed by atoms with van der Waals surface area (Å²) in [7, 11) is 0. The number of aromatic nitrogens is 2. The van der Waals surface area contributed by atoms with E-state index in [1.807, 2.05) is 0 Å². The van der Waals surface area contributed by atoms with Crippen molar-refractivity contribution in [3.8, 4) is 0 Å². The zero-order valence-corrected chi connectivity index (χ0v) is 12.5. The van der Waals surface area contributed by atoms with Gasteiger partial charge in [-0.05, 0) is 24.6 Å². The number of aryl methyl sites for hydroxylation is 1. The van der Waals surface area contributed by atoms with E-state index in [-0.39, 0.29) is 0 Å². The van der Waals surface area contributed by atoms with E-state index in [9.17, 15) is 0 Å². The van der Waals surface area contributed by atoms with E-state index in [0.29, 0.717) is 32.5 Å². The van der Waals surface area contributed by atoms with Gasteiger partial charge in [-0.25, -0.2) is 9.97 Å². The zero-order valence-electron chi connectivity index (χ0n) is 10.3. The molecule has 1 heterocycles. The molecular weight excluding hydrogens is 305 g/mol. The number of rotatable bonds is 4. The molecule has 0 amide bonds. The first-order chi connectivity index (χ1) is 9.08. The summed E-state index contributed by atoms with van der Waals surface area (Å²) >= 11 is 18.0. The molecule has 6 heteroatoms. The van der Waals surface area contributed by atoms with Gasteiger partial charge in [0.25, 0.3) is 0 Å². The molecule has 0 saturated carbocycles. The quantitative estimate of drug-likeness (QED) is 0.794. The van der Waals surface area contributed by atoms with E-state index in [2.05, 4.69) is 22.2 Å². The Hall–Kier alpha value is -1.03. The highest BCUT2D eigenvalue weighted by Crippen LogP contribution is 2.28. The number of hydrogen-bond acceptors (Lipinski definition) is 3. The minimum atomic E-state index is 0.402. The normalized spacial score (nSPS) is 10.5. The summed E-state index contributed by atoms with van der Waals surface area (Å²) in [5, 5.41) is 4.67. The summed E-state index contributed by atoms with van der Waals surface area (Å²) in [5.74, 6) is 1.31. The van der Waals surface area contributed by atoms with Crippen LogP contribution < -0.4 is 5.32 Å². The Balaban J connectivity index is 2.29. The summed E-state index contributed by atoms with van der Waals surface area (Å²) in [6.07, 6.45) is 1.73. The van der Waals surface area contributed by atoms with Crippen LogP contribution in [-0.4, -0.2) is 9.97 Å². The van der Waals surface area contributed by atoms with Crippen molar-refractivity contribution in [1.82, 2.24) is 9.97 Å². The number of nitrogens with one attached hydrogen (secondary N) is 1. The maximum absolute atomic E-state index is 6.09. The third-order valence-electron chi connectivity index (χ3n) is 2.41. The van der Waals surface area contributed by atoms with Crippen molar-refractivity contribution in [2.75, 3.05) is 5.32 Å². The Kier molecular flexibility index (Phi) is 4.86. The first kappa shape index (κ1) is 14.4. The maximum Gasteiger partial charge on any atom is 0.135 e. The number of halogens is 3. The van der Waals surface area contributed by atoms with Gasteiger partial charge in [0.1, 0.15) is 16.8 Å². The van der Waals surface area contributed by atoms with Crippen molar-refractivity contribution in [2.24, 2.45) is 0 Å². The van der Waals surface area contributed by atoms with Gasteiger partial charge in [0.2, 0.25) is 0 Å². The number of hydrogen-bond donors (Lipinski definition) is 1. The molecule has 1 aromatic carbocycles. The Labute approximate surface area is 126 Å². The van der Waals surface area contributed by atoms with E-state index >= 15 is 0 Å². The lowest BCUT2D eigenvalue weighted by molar-refractivity contribution is 0.837. The van der Waals surface area contributed by atoms with Crippen LogP contribution >= 0.6 is 34.8 Å². The van der Waals surface area contributed by atoms with Gasteiger partial charge >= 0.3 is 0 Å². The van der Waals surface area contributed by atoms with Crippen molar-refractivity contribution in [1.29, 1.82) is 0 Å². The maximum atomic E-state index is 6.09. The van der Waals surface area contributed by atoms with Crippen LogP contribution in [0.3, 0.4) is 0 Å². The van der Waals surface area contributed by atoms with Crippen molar-refractivity contribution >= 4 is 46.3 Å². The predicted octanol–water partition coefficient (Wildman–Crippen LogP) is 5.13. The molecule has 19 heavy (non-hydrogen) atoms. The van der Waals surface area contributed by atoms with Crippen LogP contribution in [-0.2, 0) is 6.42 Å². The molecule has 0 unspecified atom stereocenters. The Bertz CT molecular complexity index is 587. The lowest BCUT2D eigenvalue weighted by atomic mass is 10.3. The smallest absolute Gasteiger partial charge is 0.135 e. The van der Waals surface area contributed by atoms with Gasteiger partial charge in [-0.1, -0.05) is 41.7 Å². The predicted molar refractivity (Wildman–Crippen MR) is 80.8 cm³/mol. The molecule has 0 radical (unpaired) electrons. The molecule has 1 N–H and O–H groups in total. The number of benzene rings is 1. The van der Waals surface area contributed by atoms with Crippen LogP contribution in [0.2, 0.25) is 15.2 Å². The van der Waals surface area contributed by atoms with Gasteiger partial charge in [-0.3, -0.25) is 0 Å². The molecular formula is C13H12Cl3N3. The summed E-state index contributed by atoms with van der Waals surface area (Å²) in [5.41, 5.74) is 0.686. The van der Waals surface area contributed by atoms with E-state index in [1.54, 1.807) is 24.3 Å². The molecule has 0 saturated heterocycles. The molecule has 2 aromatic rings. The van der Waals surface area contributed by atoms with Crippen molar-refractivity contribution in [2.45, 2.75) is 19.8 Å². The molecule has 0 spiro atoms. The minimum absolute atomic E-state index is 0.402. The highest BCUT2D eigenvalue weighted by Gasteiger charge is 2.06. The summed E-state index contributed by atoms with van der Waals surface area (Å²) in [6.45, 7) is 2.06. The Morgan fingerprint density at radius 3 is 2.63 bits per heavy atom. The fraction of sp³-hybridized carbons (Fsp3) is 0.231. The van der Waals surface area contributed by atoms with Gasteiger partial charge in [-0.15, -0.1) is 0 Å². The SMILES string of the molecule is CCCc1nc(Cl)cc(Nc2cc(Cl)ccc2Cl)n1. The van der Waals surface area contributed by atoms with Crippen LogP contribution in [0.5, 0.6) is 0 Å². The largest absolute Gasteiger partial charge is 0.339 e. The van der Waals surface area contributed by atoms with Crippen LogP contribution in [0.25, 0.3) is 0 Å². The Morgan fingerprint density at radius 1 is 1.11 bits per heavy atom. The molecule has 0 aliphatic rings. The standard InChI is InChI=1S/C13H12Cl3N3/c1-2-3-12-18-11(16)7-13(19-12)17-10-6-8(14)4-5-9(10)15/h4-7H,2-3H2,1H3,(H,17,18,19).